The number of ether oxygens (including phenoxy) is 1. The summed E-state index contributed by atoms with van der Waals surface area (Å²) in [6.07, 6.45) is 2.33. The lowest BCUT2D eigenvalue weighted by atomic mass is 10.4. The first kappa shape index (κ1) is 10.0. The minimum Gasteiger partial charge on any atom is -0.461 e. The fourth-order valence-electron chi connectivity index (χ4n) is 0.808. The Morgan fingerprint density at radius 3 is 2.79 bits per heavy atom. The van der Waals surface area contributed by atoms with Gasteiger partial charge < -0.3 is 14.9 Å². The number of carbonyl (C=O) groups is 1. The van der Waals surface area contributed by atoms with Crippen LogP contribution in [0.1, 0.15) is 17.4 Å². The Bertz CT molecular complexity index is 366. The smallest absolute Gasteiger partial charge is 0.397 e. The molecule has 1 heterocycles. The zero-order valence-corrected chi connectivity index (χ0v) is 7.34. The highest BCUT2D eigenvalue weighted by atomic mass is 16.6. The lowest BCUT2D eigenvalue weighted by molar-refractivity contribution is -0.390. The molecule has 0 spiro atoms. The number of nitro groups is 1. The van der Waals surface area contributed by atoms with E-state index in [-0.39, 0.29) is 12.3 Å². The van der Waals surface area contributed by atoms with Gasteiger partial charge in [-0.25, -0.2) is 9.78 Å². The van der Waals surface area contributed by atoms with Crippen molar-refractivity contribution in [2.45, 2.75) is 6.92 Å². The summed E-state index contributed by atoms with van der Waals surface area (Å²) < 4.78 is 4.57. The topological polar surface area (TPSA) is 95.2 Å². The molecule has 0 N–H and O–H groups in total. The molecule has 1 aromatic heterocycles. The maximum Gasteiger partial charge on any atom is 0.397 e. The van der Waals surface area contributed by atoms with E-state index in [9.17, 15) is 14.9 Å². The molecule has 0 aromatic carbocycles. The highest BCUT2D eigenvalue weighted by molar-refractivity contribution is 5.90. The fraction of sp³-hybridized carbons (Fsp3) is 0.286. The highest BCUT2D eigenvalue weighted by Crippen LogP contribution is 2.11. The average Bonchev–Trinajstić information content (AvgIpc) is 2.18. The molecule has 7 heteroatoms. The molecule has 0 radical (unpaired) electrons. The molecule has 1 aromatic rings. The molecule has 0 saturated carbocycles. The summed E-state index contributed by atoms with van der Waals surface area (Å²) in [5.41, 5.74) is -0.376. The lowest BCUT2D eigenvalue weighted by Crippen LogP contribution is -2.11. The van der Waals surface area contributed by atoms with E-state index in [2.05, 4.69) is 14.7 Å². The molecule has 0 aliphatic rings. The molecular formula is C7H7N3O4. The molecule has 0 fully saturated rings. The third kappa shape index (κ3) is 2.00. The Hall–Kier alpha value is -2.05. The number of hydrogen-bond acceptors (Lipinski definition) is 6. The van der Waals surface area contributed by atoms with Crippen molar-refractivity contribution in [1.29, 1.82) is 0 Å². The molecular weight excluding hydrogens is 190 g/mol. The predicted molar refractivity (Wildman–Crippen MR) is 44.6 cm³/mol. The van der Waals surface area contributed by atoms with E-state index in [1.54, 1.807) is 6.92 Å². The molecule has 14 heavy (non-hydrogen) atoms. The summed E-state index contributed by atoms with van der Waals surface area (Å²) >= 11 is 0. The van der Waals surface area contributed by atoms with E-state index in [4.69, 9.17) is 0 Å². The van der Waals surface area contributed by atoms with Crippen molar-refractivity contribution >= 4 is 11.8 Å². The molecule has 74 valence electrons. The van der Waals surface area contributed by atoms with E-state index in [1.807, 2.05) is 0 Å². The van der Waals surface area contributed by atoms with Gasteiger partial charge in [0, 0.05) is 0 Å². The van der Waals surface area contributed by atoms with Crippen LogP contribution in [0.5, 0.6) is 0 Å². The first-order valence-electron chi connectivity index (χ1n) is 3.79. The van der Waals surface area contributed by atoms with Crippen LogP contribution in [0.3, 0.4) is 0 Å². The molecule has 1 rings (SSSR count). The van der Waals surface area contributed by atoms with E-state index in [0.29, 0.717) is 0 Å². The predicted octanol–water partition coefficient (Wildman–Crippen LogP) is 0.561. The van der Waals surface area contributed by atoms with Gasteiger partial charge in [-0.15, -0.1) is 0 Å². The molecule has 0 amide bonds. The van der Waals surface area contributed by atoms with Crippen molar-refractivity contribution in [2.24, 2.45) is 0 Å². The summed E-state index contributed by atoms with van der Waals surface area (Å²) in [6.45, 7) is 1.73. The van der Waals surface area contributed by atoms with Gasteiger partial charge in [-0.2, -0.15) is 0 Å². The van der Waals surface area contributed by atoms with E-state index < -0.39 is 16.7 Å². The van der Waals surface area contributed by atoms with E-state index >= 15 is 0 Å². The molecule has 0 bridgehead atoms. The minimum atomic E-state index is -0.840. The molecule has 7 nitrogen and oxygen atoms in total. The van der Waals surface area contributed by atoms with Gasteiger partial charge in [-0.3, -0.25) is 0 Å². The normalized spacial score (nSPS) is 9.50. The van der Waals surface area contributed by atoms with Crippen molar-refractivity contribution in [2.75, 3.05) is 6.61 Å². The van der Waals surface area contributed by atoms with Crippen LogP contribution in [0, 0.1) is 10.1 Å². The fourth-order valence-corrected chi connectivity index (χ4v) is 0.808. The minimum absolute atomic E-state index is 0.132. The Labute approximate surface area is 78.9 Å². The van der Waals surface area contributed by atoms with Gasteiger partial charge in [0.1, 0.15) is 0 Å². The van der Waals surface area contributed by atoms with Crippen molar-refractivity contribution in [3.05, 3.63) is 28.2 Å². The van der Waals surface area contributed by atoms with Gasteiger partial charge in [0.15, 0.2) is 6.20 Å². The molecule has 0 aliphatic heterocycles. The average molecular weight is 197 g/mol. The Morgan fingerprint density at radius 2 is 2.21 bits per heavy atom. The molecule has 0 atom stereocenters. The van der Waals surface area contributed by atoms with Gasteiger partial charge >= 0.3 is 11.8 Å². The Balaban J connectivity index is 3.07. The SMILES string of the molecule is CCOC(=O)c1nccnc1[N+](=O)[O-]. The van der Waals surface area contributed by atoms with Gasteiger partial charge in [-0.1, -0.05) is 0 Å². The van der Waals surface area contributed by atoms with Crippen molar-refractivity contribution in [3.63, 3.8) is 0 Å². The van der Waals surface area contributed by atoms with Gasteiger partial charge in [0.05, 0.1) is 12.8 Å². The number of esters is 1. The van der Waals surface area contributed by atoms with Crippen molar-refractivity contribution in [3.8, 4) is 0 Å². The van der Waals surface area contributed by atoms with Gasteiger partial charge in [-0.05, 0) is 16.8 Å². The molecule has 0 saturated heterocycles. The first-order chi connectivity index (χ1) is 6.66. The van der Waals surface area contributed by atoms with Crippen LogP contribution in [-0.2, 0) is 4.74 Å². The summed E-state index contributed by atoms with van der Waals surface area (Å²) in [5.74, 6) is -1.43. The van der Waals surface area contributed by atoms with Crippen LogP contribution in [0.15, 0.2) is 12.4 Å². The number of aromatic nitrogens is 2. The van der Waals surface area contributed by atoms with Crippen molar-refractivity contribution < 1.29 is 14.5 Å². The maximum absolute atomic E-state index is 11.1. The highest BCUT2D eigenvalue weighted by Gasteiger charge is 2.23. The first-order valence-corrected chi connectivity index (χ1v) is 3.79. The second-order valence-corrected chi connectivity index (χ2v) is 2.21. The second-order valence-electron chi connectivity index (χ2n) is 2.21. The van der Waals surface area contributed by atoms with Crippen LogP contribution < -0.4 is 0 Å². The number of nitrogens with zero attached hydrogens (tertiary/aromatic N) is 3. The third-order valence-corrected chi connectivity index (χ3v) is 1.32. The largest absolute Gasteiger partial charge is 0.461 e. The van der Waals surface area contributed by atoms with E-state index in [0.717, 1.165) is 6.20 Å². The van der Waals surface area contributed by atoms with Crippen LogP contribution >= 0.6 is 0 Å². The number of carbonyl (C=O) groups excluding carboxylic acids is 1. The second kappa shape index (κ2) is 4.26. The summed E-state index contributed by atoms with van der Waals surface area (Å²) in [4.78, 5) is 27.7. The summed E-state index contributed by atoms with van der Waals surface area (Å²) in [6, 6.07) is 0. The lowest BCUT2D eigenvalue weighted by Gasteiger charge is -2.00. The maximum atomic E-state index is 11.1. The van der Waals surface area contributed by atoms with Gasteiger partial charge in [0.25, 0.3) is 0 Å². The van der Waals surface area contributed by atoms with Crippen LogP contribution in [0.4, 0.5) is 5.82 Å². The molecule has 0 unspecified atom stereocenters. The summed E-state index contributed by atoms with van der Waals surface area (Å²) in [7, 11) is 0. The van der Waals surface area contributed by atoms with Crippen LogP contribution in [0.25, 0.3) is 0 Å². The monoisotopic (exact) mass is 197 g/mol. The Kier molecular flexibility index (Phi) is 3.05. The Morgan fingerprint density at radius 1 is 1.57 bits per heavy atom. The zero-order valence-electron chi connectivity index (χ0n) is 7.34. The number of rotatable bonds is 3. The van der Waals surface area contributed by atoms with E-state index in [1.165, 1.54) is 6.20 Å². The zero-order chi connectivity index (χ0) is 10.6. The van der Waals surface area contributed by atoms with Crippen molar-refractivity contribution in [1.82, 2.24) is 9.97 Å². The summed E-state index contributed by atoms with van der Waals surface area (Å²) in [5, 5.41) is 10.4. The molecule has 0 aliphatic carbocycles. The number of hydrogen-bond donors (Lipinski definition) is 0. The standard InChI is InChI=1S/C7H7N3O4/c1-2-14-7(11)5-6(10(12)13)9-4-3-8-5/h3-4H,2H2,1H3. The quantitative estimate of drug-likeness (QED) is 0.399. The van der Waals surface area contributed by atoms with Crippen LogP contribution in [-0.4, -0.2) is 27.5 Å². The third-order valence-electron chi connectivity index (χ3n) is 1.32. The van der Waals surface area contributed by atoms with Crippen LogP contribution in [0.2, 0.25) is 0 Å². The van der Waals surface area contributed by atoms with Gasteiger partial charge in [0.2, 0.25) is 5.69 Å².